The summed E-state index contributed by atoms with van der Waals surface area (Å²) in [6.07, 6.45) is 2.64. The van der Waals surface area contributed by atoms with Crippen molar-refractivity contribution < 1.29 is 14.6 Å². The number of rotatable bonds is 2. The highest BCUT2D eigenvalue weighted by Crippen LogP contribution is 2.51. The summed E-state index contributed by atoms with van der Waals surface area (Å²) in [4.78, 5) is 10.9. The van der Waals surface area contributed by atoms with E-state index in [0.717, 1.165) is 12.8 Å². The van der Waals surface area contributed by atoms with Crippen molar-refractivity contribution >= 4 is 5.97 Å². The van der Waals surface area contributed by atoms with Crippen molar-refractivity contribution in [3.05, 3.63) is 0 Å². The molecule has 1 aliphatic carbocycles. The van der Waals surface area contributed by atoms with Gasteiger partial charge in [0, 0.05) is 0 Å². The Bertz CT molecular complexity index is 236. The largest absolute Gasteiger partial charge is 0.479 e. The summed E-state index contributed by atoms with van der Waals surface area (Å²) >= 11 is 0. The lowest BCUT2D eigenvalue weighted by molar-refractivity contribution is -0.143. The zero-order valence-electron chi connectivity index (χ0n) is 8.12. The van der Waals surface area contributed by atoms with E-state index < -0.39 is 11.6 Å². The molecule has 0 amide bonds. The third-order valence-corrected chi connectivity index (χ3v) is 3.52. The van der Waals surface area contributed by atoms with Gasteiger partial charge in [-0.25, -0.2) is 4.79 Å². The maximum atomic E-state index is 10.9. The second-order valence-corrected chi connectivity index (χ2v) is 4.58. The molecule has 1 unspecified atom stereocenters. The van der Waals surface area contributed by atoms with Crippen LogP contribution in [0.15, 0.2) is 0 Å². The van der Waals surface area contributed by atoms with Crippen molar-refractivity contribution in [3.63, 3.8) is 0 Å². The minimum atomic E-state index is -0.772. The molecule has 1 saturated carbocycles. The Labute approximate surface area is 78.1 Å². The Hall–Kier alpha value is -0.570. The van der Waals surface area contributed by atoms with E-state index in [1.807, 2.05) is 0 Å². The molecule has 0 radical (unpaired) electrons. The minimum Gasteiger partial charge on any atom is -0.479 e. The highest BCUT2D eigenvalue weighted by Gasteiger charge is 2.64. The molecule has 0 spiro atoms. The van der Waals surface area contributed by atoms with Gasteiger partial charge in [0.2, 0.25) is 0 Å². The highest BCUT2D eigenvalue weighted by molar-refractivity contribution is 5.81. The molecule has 3 nitrogen and oxygen atoms in total. The van der Waals surface area contributed by atoms with E-state index in [1.165, 1.54) is 0 Å². The third kappa shape index (κ3) is 1.26. The topological polar surface area (TPSA) is 49.8 Å². The fraction of sp³-hybridized carbons (Fsp3) is 0.900. The summed E-state index contributed by atoms with van der Waals surface area (Å²) < 4.78 is 5.31. The second-order valence-electron chi connectivity index (χ2n) is 4.58. The molecule has 1 heterocycles. The molecule has 0 bridgehead atoms. The van der Waals surface area contributed by atoms with Crippen molar-refractivity contribution in [3.8, 4) is 0 Å². The molecule has 74 valence electrons. The number of ether oxygens (including phenoxy) is 1. The van der Waals surface area contributed by atoms with E-state index in [4.69, 9.17) is 9.84 Å². The number of epoxide rings is 1. The molecular formula is C10H16O3. The highest BCUT2D eigenvalue weighted by atomic mass is 16.6. The van der Waals surface area contributed by atoms with Gasteiger partial charge in [0.05, 0.1) is 6.10 Å². The Morgan fingerprint density at radius 1 is 1.62 bits per heavy atom. The van der Waals surface area contributed by atoms with E-state index in [9.17, 15) is 4.79 Å². The van der Waals surface area contributed by atoms with E-state index in [1.54, 1.807) is 0 Å². The molecule has 0 aromatic heterocycles. The van der Waals surface area contributed by atoms with Crippen LogP contribution in [0, 0.1) is 11.8 Å². The van der Waals surface area contributed by atoms with Crippen molar-refractivity contribution in [2.45, 2.75) is 44.8 Å². The number of carboxylic acid groups (broad SMARTS) is 1. The van der Waals surface area contributed by atoms with E-state index in [-0.39, 0.29) is 6.10 Å². The van der Waals surface area contributed by atoms with Gasteiger partial charge in [-0.05, 0) is 31.1 Å². The Balaban J connectivity index is 1.99. The van der Waals surface area contributed by atoms with Crippen LogP contribution in [0.4, 0.5) is 0 Å². The standard InChI is InChI=1S/C10H16O3/c1-6(2)7-3-4-10(9(11)12)8(5-7)13-10/h6-8H,3-5H2,1-2H3,(H,11,12)/t7-,8?,10+/m1/s1. The summed E-state index contributed by atoms with van der Waals surface area (Å²) in [6, 6.07) is 0. The molecule has 3 atom stereocenters. The van der Waals surface area contributed by atoms with Gasteiger partial charge in [-0.1, -0.05) is 13.8 Å². The van der Waals surface area contributed by atoms with Gasteiger partial charge in [0.25, 0.3) is 0 Å². The lowest BCUT2D eigenvalue weighted by Gasteiger charge is -2.25. The SMILES string of the molecule is CC(C)[C@@H]1CC[C@]2(C(=O)O)OC2C1. The van der Waals surface area contributed by atoms with Crippen LogP contribution in [0.5, 0.6) is 0 Å². The molecule has 2 rings (SSSR count). The van der Waals surface area contributed by atoms with Gasteiger partial charge in [0.1, 0.15) is 0 Å². The van der Waals surface area contributed by atoms with Gasteiger partial charge in [0.15, 0.2) is 5.60 Å². The molecule has 2 fully saturated rings. The first-order valence-electron chi connectivity index (χ1n) is 4.97. The average molecular weight is 184 g/mol. The van der Waals surface area contributed by atoms with Crippen molar-refractivity contribution in [1.29, 1.82) is 0 Å². The number of hydrogen-bond donors (Lipinski definition) is 1. The smallest absolute Gasteiger partial charge is 0.338 e. The molecule has 0 aromatic rings. The first-order chi connectivity index (χ1) is 6.06. The van der Waals surface area contributed by atoms with Gasteiger partial charge < -0.3 is 9.84 Å². The second kappa shape index (κ2) is 2.71. The van der Waals surface area contributed by atoms with Crippen molar-refractivity contribution in [2.75, 3.05) is 0 Å². The molecule has 3 heteroatoms. The number of aliphatic carboxylic acids is 1. The summed E-state index contributed by atoms with van der Waals surface area (Å²) in [5.74, 6) is 0.538. The van der Waals surface area contributed by atoms with Crippen molar-refractivity contribution in [2.24, 2.45) is 11.8 Å². The molecule has 1 aliphatic heterocycles. The maximum Gasteiger partial charge on any atom is 0.338 e. The number of fused-ring (bicyclic) bond motifs is 1. The number of carboxylic acids is 1. The van der Waals surface area contributed by atoms with Gasteiger partial charge in [-0.15, -0.1) is 0 Å². The van der Waals surface area contributed by atoms with Crippen LogP contribution in [0.25, 0.3) is 0 Å². The Kier molecular flexibility index (Phi) is 1.88. The van der Waals surface area contributed by atoms with Crippen LogP contribution in [-0.2, 0) is 9.53 Å². The number of carbonyl (C=O) groups is 1. The predicted molar refractivity (Wildman–Crippen MR) is 47.4 cm³/mol. The first kappa shape index (κ1) is 9.00. The molecule has 1 N–H and O–H groups in total. The maximum absolute atomic E-state index is 10.9. The quantitative estimate of drug-likeness (QED) is 0.664. The van der Waals surface area contributed by atoms with Crippen LogP contribution >= 0.6 is 0 Å². The minimum absolute atomic E-state index is 0.00569. The molecule has 2 aliphatic rings. The van der Waals surface area contributed by atoms with Crippen LogP contribution in [0.3, 0.4) is 0 Å². The van der Waals surface area contributed by atoms with E-state index in [0.29, 0.717) is 18.3 Å². The zero-order valence-corrected chi connectivity index (χ0v) is 8.12. The predicted octanol–water partition coefficient (Wildman–Crippen LogP) is 1.66. The molecule has 0 aromatic carbocycles. The normalized spacial score (nSPS) is 43.0. The molecule has 1 saturated heterocycles. The number of hydrogen-bond acceptors (Lipinski definition) is 2. The fourth-order valence-corrected chi connectivity index (χ4v) is 2.37. The lowest BCUT2D eigenvalue weighted by Crippen LogP contribution is -2.33. The van der Waals surface area contributed by atoms with Crippen LogP contribution in [-0.4, -0.2) is 22.8 Å². The summed E-state index contributed by atoms with van der Waals surface area (Å²) in [6.45, 7) is 4.39. The van der Waals surface area contributed by atoms with Gasteiger partial charge in [-0.2, -0.15) is 0 Å². The van der Waals surface area contributed by atoms with Crippen LogP contribution in [0.2, 0.25) is 0 Å². The summed E-state index contributed by atoms with van der Waals surface area (Å²) in [7, 11) is 0. The average Bonchev–Trinajstić information content (AvgIpc) is 2.77. The summed E-state index contributed by atoms with van der Waals surface area (Å²) in [5, 5.41) is 8.94. The summed E-state index contributed by atoms with van der Waals surface area (Å²) in [5.41, 5.74) is -0.772. The lowest BCUT2D eigenvalue weighted by atomic mass is 9.77. The third-order valence-electron chi connectivity index (χ3n) is 3.52. The van der Waals surface area contributed by atoms with Crippen molar-refractivity contribution in [1.82, 2.24) is 0 Å². The van der Waals surface area contributed by atoms with Crippen LogP contribution < -0.4 is 0 Å². The first-order valence-corrected chi connectivity index (χ1v) is 4.97. The van der Waals surface area contributed by atoms with E-state index >= 15 is 0 Å². The fourth-order valence-electron chi connectivity index (χ4n) is 2.37. The Morgan fingerprint density at radius 2 is 2.31 bits per heavy atom. The molecular weight excluding hydrogens is 168 g/mol. The zero-order chi connectivity index (χ0) is 9.64. The van der Waals surface area contributed by atoms with Gasteiger partial charge >= 0.3 is 5.97 Å². The Morgan fingerprint density at radius 3 is 2.77 bits per heavy atom. The monoisotopic (exact) mass is 184 g/mol. The van der Waals surface area contributed by atoms with Crippen LogP contribution in [0.1, 0.15) is 33.1 Å². The molecule has 13 heavy (non-hydrogen) atoms. The van der Waals surface area contributed by atoms with Gasteiger partial charge in [-0.3, -0.25) is 0 Å². The van der Waals surface area contributed by atoms with E-state index in [2.05, 4.69) is 13.8 Å².